The fourth-order valence-electron chi connectivity index (χ4n) is 5.56. The predicted molar refractivity (Wildman–Crippen MR) is 106 cm³/mol. The van der Waals surface area contributed by atoms with E-state index < -0.39 is 0 Å². The first-order valence-corrected chi connectivity index (χ1v) is 9.64. The topological polar surface area (TPSA) is 26.7 Å². The summed E-state index contributed by atoms with van der Waals surface area (Å²) in [6, 6.07) is 17.5. The molecular weight excluding hydrogens is 344 g/mol. The van der Waals surface area contributed by atoms with E-state index in [1.165, 1.54) is 48.8 Å². The van der Waals surface area contributed by atoms with Crippen LogP contribution in [0.5, 0.6) is 5.75 Å². The number of phenols is 1. The molecule has 3 nitrogen and oxygen atoms in total. The third-order valence-corrected chi connectivity index (χ3v) is 6.70. The van der Waals surface area contributed by atoms with Crippen molar-refractivity contribution in [2.24, 2.45) is 0 Å². The third-order valence-electron chi connectivity index (χ3n) is 6.70. The van der Waals surface area contributed by atoms with Gasteiger partial charge in [0.2, 0.25) is 0 Å². The SMILES string of the molecule is Cl.Oc1ccc2c(c1)[C@@]13CCCC[C@H]1N(C2)N(Cc1ccccc1)CC3. The van der Waals surface area contributed by atoms with Gasteiger partial charge in [0.15, 0.2) is 0 Å². The molecule has 2 bridgehead atoms. The molecule has 1 saturated heterocycles. The van der Waals surface area contributed by atoms with Gasteiger partial charge in [0.1, 0.15) is 5.75 Å². The van der Waals surface area contributed by atoms with Crippen LogP contribution in [0.2, 0.25) is 0 Å². The number of hydrogen-bond donors (Lipinski definition) is 1. The smallest absolute Gasteiger partial charge is 0.115 e. The number of benzene rings is 2. The first kappa shape index (κ1) is 17.8. The number of phenolic OH excluding ortho intramolecular Hbond substituents is 1. The minimum Gasteiger partial charge on any atom is -0.508 e. The van der Waals surface area contributed by atoms with Crippen molar-refractivity contribution in [3.8, 4) is 5.75 Å². The van der Waals surface area contributed by atoms with Crippen LogP contribution in [0.25, 0.3) is 0 Å². The van der Waals surface area contributed by atoms with Crippen molar-refractivity contribution in [1.82, 2.24) is 10.0 Å². The number of nitrogens with zero attached hydrogens (tertiary/aromatic N) is 2. The molecule has 1 aliphatic carbocycles. The van der Waals surface area contributed by atoms with Crippen LogP contribution in [-0.4, -0.2) is 27.7 Å². The lowest BCUT2D eigenvalue weighted by atomic mass is 9.60. The summed E-state index contributed by atoms with van der Waals surface area (Å²) in [6.07, 6.45) is 6.40. The molecule has 5 rings (SSSR count). The second kappa shape index (κ2) is 6.88. The Hall–Kier alpha value is -1.55. The highest BCUT2D eigenvalue weighted by Gasteiger charge is 2.52. The molecule has 1 unspecified atom stereocenters. The Morgan fingerprint density at radius 2 is 1.88 bits per heavy atom. The maximum Gasteiger partial charge on any atom is 0.115 e. The van der Waals surface area contributed by atoms with Gasteiger partial charge in [-0.3, -0.25) is 0 Å². The van der Waals surface area contributed by atoms with Crippen LogP contribution in [0.4, 0.5) is 0 Å². The van der Waals surface area contributed by atoms with Gasteiger partial charge in [-0.25, -0.2) is 10.0 Å². The second-order valence-corrected chi connectivity index (χ2v) is 7.98. The van der Waals surface area contributed by atoms with E-state index in [-0.39, 0.29) is 17.8 Å². The molecule has 0 spiro atoms. The summed E-state index contributed by atoms with van der Waals surface area (Å²) in [7, 11) is 0. The van der Waals surface area contributed by atoms with Gasteiger partial charge in [0.25, 0.3) is 0 Å². The van der Waals surface area contributed by atoms with E-state index in [0.29, 0.717) is 11.8 Å². The zero-order chi connectivity index (χ0) is 16.9. The molecule has 1 saturated carbocycles. The summed E-state index contributed by atoms with van der Waals surface area (Å²) in [5, 5.41) is 15.3. The molecule has 0 amide bonds. The quantitative estimate of drug-likeness (QED) is 0.834. The van der Waals surface area contributed by atoms with Gasteiger partial charge in [0, 0.05) is 31.1 Å². The zero-order valence-electron chi connectivity index (χ0n) is 15.1. The molecule has 3 aliphatic rings. The van der Waals surface area contributed by atoms with E-state index in [2.05, 4.69) is 52.5 Å². The lowest BCUT2D eigenvalue weighted by Crippen LogP contribution is -2.65. The number of halogens is 1. The number of hydrazine groups is 1. The van der Waals surface area contributed by atoms with Gasteiger partial charge in [-0.2, -0.15) is 0 Å². The number of rotatable bonds is 2. The van der Waals surface area contributed by atoms with Crippen molar-refractivity contribution in [2.75, 3.05) is 6.54 Å². The summed E-state index contributed by atoms with van der Waals surface area (Å²) in [5.41, 5.74) is 4.49. The van der Waals surface area contributed by atoms with Crippen LogP contribution in [0, 0.1) is 0 Å². The Labute approximate surface area is 162 Å². The zero-order valence-corrected chi connectivity index (χ0v) is 15.9. The summed E-state index contributed by atoms with van der Waals surface area (Å²) in [4.78, 5) is 0. The molecule has 26 heavy (non-hydrogen) atoms. The van der Waals surface area contributed by atoms with E-state index >= 15 is 0 Å². The highest BCUT2D eigenvalue weighted by Crippen LogP contribution is 2.52. The highest BCUT2D eigenvalue weighted by atomic mass is 35.5. The van der Waals surface area contributed by atoms with E-state index in [0.717, 1.165) is 19.6 Å². The predicted octanol–water partition coefficient (Wildman–Crippen LogP) is 4.63. The van der Waals surface area contributed by atoms with Gasteiger partial charge in [-0.05, 0) is 48.1 Å². The van der Waals surface area contributed by atoms with Crippen molar-refractivity contribution < 1.29 is 5.11 Å². The summed E-state index contributed by atoms with van der Waals surface area (Å²) >= 11 is 0. The molecular formula is C22H27ClN2O. The average molecular weight is 371 g/mol. The Bertz CT molecular complexity index is 781. The highest BCUT2D eigenvalue weighted by molar-refractivity contribution is 5.85. The Balaban J connectivity index is 0.00000168. The van der Waals surface area contributed by atoms with Crippen LogP contribution in [0.15, 0.2) is 48.5 Å². The van der Waals surface area contributed by atoms with Crippen molar-refractivity contribution in [3.05, 3.63) is 65.2 Å². The molecule has 2 aliphatic heterocycles. The monoisotopic (exact) mass is 370 g/mol. The molecule has 2 aromatic rings. The molecule has 2 aromatic carbocycles. The minimum absolute atomic E-state index is 0. The summed E-state index contributed by atoms with van der Waals surface area (Å²) in [5.74, 6) is 0.428. The standard InChI is InChI=1S/C22H26N2O.ClH/c25-19-10-9-18-16-24-21-8-4-5-11-22(21,20(18)14-19)12-13-23(24)15-17-6-2-1-3-7-17;/h1-3,6-7,9-10,14,21,25H,4-5,8,11-13,15-16H2;1H/t21-,22+;/m1./s1. The molecule has 138 valence electrons. The lowest BCUT2D eigenvalue weighted by molar-refractivity contribution is -0.157. The largest absolute Gasteiger partial charge is 0.508 e. The van der Waals surface area contributed by atoms with Crippen molar-refractivity contribution in [1.29, 1.82) is 0 Å². The molecule has 0 radical (unpaired) electrons. The van der Waals surface area contributed by atoms with Crippen LogP contribution >= 0.6 is 12.4 Å². The van der Waals surface area contributed by atoms with E-state index in [4.69, 9.17) is 0 Å². The lowest BCUT2D eigenvalue weighted by Gasteiger charge is -2.60. The fraction of sp³-hybridized carbons (Fsp3) is 0.455. The van der Waals surface area contributed by atoms with Crippen LogP contribution in [-0.2, 0) is 18.5 Å². The Morgan fingerprint density at radius 3 is 2.73 bits per heavy atom. The van der Waals surface area contributed by atoms with Gasteiger partial charge in [-0.15, -0.1) is 12.4 Å². The fourth-order valence-corrected chi connectivity index (χ4v) is 5.56. The van der Waals surface area contributed by atoms with E-state index in [1.54, 1.807) is 0 Å². The van der Waals surface area contributed by atoms with Crippen molar-refractivity contribution >= 4 is 12.4 Å². The maximum absolute atomic E-state index is 10.1. The normalized spacial score (nSPS) is 30.0. The van der Waals surface area contributed by atoms with Gasteiger partial charge >= 0.3 is 0 Å². The van der Waals surface area contributed by atoms with Crippen molar-refractivity contribution in [3.63, 3.8) is 0 Å². The molecule has 4 heteroatoms. The van der Waals surface area contributed by atoms with Gasteiger partial charge in [-0.1, -0.05) is 49.2 Å². The number of aromatic hydroxyl groups is 1. The van der Waals surface area contributed by atoms with Crippen LogP contribution < -0.4 is 0 Å². The summed E-state index contributed by atoms with van der Waals surface area (Å²) in [6.45, 7) is 3.09. The molecule has 3 atom stereocenters. The number of hydrogen-bond acceptors (Lipinski definition) is 3. The van der Waals surface area contributed by atoms with E-state index in [1.807, 2.05) is 6.07 Å². The molecule has 0 aromatic heterocycles. The van der Waals surface area contributed by atoms with Gasteiger partial charge in [0.05, 0.1) is 0 Å². The number of fused-ring (bicyclic) bond motifs is 1. The Kier molecular flexibility index (Phi) is 4.72. The van der Waals surface area contributed by atoms with E-state index in [9.17, 15) is 5.11 Å². The summed E-state index contributed by atoms with van der Waals surface area (Å²) < 4.78 is 0. The minimum atomic E-state index is 0. The maximum atomic E-state index is 10.1. The second-order valence-electron chi connectivity index (χ2n) is 7.98. The molecule has 2 fully saturated rings. The van der Waals surface area contributed by atoms with Crippen molar-refractivity contribution in [2.45, 2.75) is 56.7 Å². The molecule has 2 heterocycles. The third kappa shape index (κ3) is 2.74. The molecule has 1 N–H and O–H groups in total. The first-order chi connectivity index (χ1) is 12.3. The van der Waals surface area contributed by atoms with Crippen LogP contribution in [0.3, 0.4) is 0 Å². The first-order valence-electron chi connectivity index (χ1n) is 9.64. The Morgan fingerprint density at radius 1 is 1.04 bits per heavy atom. The van der Waals surface area contributed by atoms with Crippen LogP contribution in [0.1, 0.15) is 48.8 Å². The van der Waals surface area contributed by atoms with Gasteiger partial charge < -0.3 is 5.11 Å². The average Bonchev–Trinajstić information content (AvgIpc) is 2.65.